The Morgan fingerprint density at radius 2 is 1.76 bits per heavy atom. The van der Waals surface area contributed by atoms with Gasteiger partial charge in [0.05, 0.1) is 6.61 Å². The first-order valence-electron chi connectivity index (χ1n) is 13.4. The van der Waals surface area contributed by atoms with Crippen molar-refractivity contribution in [2.24, 2.45) is 34.5 Å². The number of amides is 1. The van der Waals surface area contributed by atoms with Crippen LogP contribution in [0.4, 0.5) is 0 Å². The first-order chi connectivity index (χ1) is 16.3. The molecule has 34 heavy (non-hydrogen) atoms. The van der Waals surface area contributed by atoms with Crippen LogP contribution in [0.5, 0.6) is 0 Å². The van der Waals surface area contributed by atoms with Gasteiger partial charge in [-0.05, 0) is 85.0 Å². The van der Waals surface area contributed by atoms with Crippen LogP contribution in [-0.4, -0.2) is 43.1 Å². The Kier molecular flexibility index (Phi) is 6.52. The summed E-state index contributed by atoms with van der Waals surface area (Å²) < 4.78 is 11.3. The monoisotopic (exact) mass is 467 g/mol. The molecule has 0 bridgehead atoms. The van der Waals surface area contributed by atoms with E-state index in [-0.39, 0.29) is 18.0 Å². The Morgan fingerprint density at radius 3 is 2.56 bits per heavy atom. The average molecular weight is 468 g/mol. The Morgan fingerprint density at radius 1 is 1.00 bits per heavy atom. The van der Waals surface area contributed by atoms with Crippen molar-refractivity contribution in [3.63, 3.8) is 0 Å². The molecule has 1 heterocycles. The molecule has 3 aliphatic carbocycles. The van der Waals surface area contributed by atoms with Crippen LogP contribution in [0.25, 0.3) is 0 Å². The SMILES string of the molecule is CN1C(=O)CC[C@]2(C)[C@H]3CC[C@]4(C)C(COCC(=O)OCc5ccccc5)CC[C@H]4[C@@H]3CC[C@@H]12. The van der Waals surface area contributed by atoms with Crippen molar-refractivity contribution in [3.05, 3.63) is 35.9 Å². The fraction of sp³-hybridized carbons (Fsp3) is 0.724. The van der Waals surface area contributed by atoms with Crippen molar-refractivity contribution in [2.45, 2.75) is 77.9 Å². The molecular weight excluding hydrogens is 426 g/mol. The molecule has 5 heteroatoms. The van der Waals surface area contributed by atoms with E-state index in [4.69, 9.17) is 9.47 Å². The molecule has 4 aliphatic rings. The van der Waals surface area contributed by atoms with Crippen LogP contribution in [0, 0.1) is 34.5 Å². The van der Waals surface area contributed by atoms with Crippen LogP contribution >= 0.6 is 0 Å². The molecule has 1 aromatic carbocycles. The smallest absolute Gasteiger partial charge is 0.332 e. The van der Waals surface area contributed by atoms with Gasteiger partial charge in [0.2, 0.25) is 5.91 Å². The molecule has 1 aliphatic heterocycles. The van der Waals surface area contributed by atoms with Gasteiger partial charge < -0.3 is 14.4 Å². The van der Waals surface area contributed by atoms with Gasteiger partial charge in [0.15, 0.2) is 0 Å². The third-order valence-electron chi connectivity index (χ3n) is 10.5. The van der Waals surface area contributed by atoms with Crippen molar-refractivity contribution in [1.82, 2.24) is 4.90 Å². The Bertz CT molecular complexity index is 903. The number of fused-ring (bicyclic) bond motifs is 5. The maximum atomic E-state index is 12.4. The molecule has 0 aromatic heterocycles. The van der Waals surface area contributed by atoms with Gasteiger partial charge >= 0.3 is 5.97 Å². The molecule has 1 saturated heterocycles. The minimum Gasteiger partial charge on any atom is -0.459 e. The number of rotatable bonds is 6. The number of piperidine rings is 1. The van der Waals surface area contributed by atoms with Crippen LogP contribution in [0.15, 0.2) is 30.3 Å². The summed E-state index contributed by atoms with van der Waals surface area (Å²) in [6, 6.07) is 10.2. The topological polar surface area (TPSA) is 55.8 Å². The van der Waals surface area contributed by atoms with E-state index < -0.39 is 0 Å². The lowest BCUT2D eigenvalue weighted by molar-refractivity contribution is -0.159. The van der Waals surface area contributed by atoms with E-state index in [9.17, 15) is 9.59 Å². The lowest BCUT2D eigenvalue weighted by Crippen LogP contribution is -2.61. The Hall–Kier alpha value is -1.88. The molecule has 3 saturated carbocycles. The number of carbonyl (C=O) groups is 2. The zero-order chi connectivity index (χ0) is 23.9. The number of hydrogen-bond acceptors (Lipinski definition) is 4. The zero-order valence-electron chi connectivity index (χ0n) is 21.1. The molecule has 5 rings (SSSR count). The van der Waals surface area contributed by atoms with Crippen molar-refractivity contribution < 1.29 is 19.1 Å². The third-order valence-corrected chi connectivity index (χ3v) is 10.5. The van der Waals surface area contributed by atoms with Crippen LogP contribution in [0.2, 0.25) is 0 Å². The van der Waals surface area contributed by atoms with Crippen LogP contribution in [0.1, 0.15) is 70.8 Å². The van der Waals surface area contributed by atoms with Gasteiger partial charge in [0.1, 0.15) is 13.2 Å². The highest BCUT2D eigenvalue weighted by Crippen LogP contribution is 2.66. The van der Waals surface area contributed by atoms with E-state index in [1.54, 1.807) is 0 Å². The molecule has 0 N–H and O–H groups in total. The molecule has 1 unspecified atom stereocenters. The lowest BCUT2D eigenvalue weighted by Gasteiger charge is -2.61. The third kappa shape index (κ3) is 4.08. The second-order valence-electron chi connectivity index (χ2n) is 12.0. The average Bonchev–Trinajstić information content (AvgIpc) is 3.17. The van der Waals surface area contributed by atoms with Crippen LogP contribution in [0.3, 0.4) is 0 Å². The molecule has 1 aromatic rings. The van der Waals surface area contributed by atoms with Crippen LogP contribution < -0.4 is 0 Å². The van der Waals surface area contributed by atoms with Crippen LogP contribution in [-0.2, 0) is 25.7 Å². The van der Waals surface area contributed by atoms with Gasteiger partial charge in [-0.1, -0.05) is 44.2 Å². The molecule has 0 spiro atoms. The zero-order valence-corrected chi connectivity index (χ0v) is 21.1. The Balaban J connectivity index is 1.16. The molecule has 1 amide bonds. The number of ether oxygens (including phenoxy) is 2. The molecule has 7 atom stereocenters. The minimum absolute atomic E-state index is 0.0379. The standard InChI is InChI=1S/C29H41NO4/c1-28-15-13-24-22(10-12-25-29(24,2)16-14-26(31)30(25)3)23(28)11-9-21(28)18-33-19-27(32)34-17-20-7-5-4-6-8-20/h4-8,21-25H,9-19H2,1-3H3/t21?,22-,23-,24-,25+,28+,29+/m0/s1. The summed E-state index contributed by atoms with van der Waals surface area (Å²) in [6.45, 7) is 5.97. The Labute approximate surface area is 204 Å². The fourth-order valence-electron chi connectivity index (χ4n) is 8.60. The summed E-state index contributed by atoms with van der Waals surface area (Å²) in [5.74, 6) is 2.80. The summed E-state index contributed by atoms with van der Waals surface area (Å²) in [6.07, 6.45) is 9.16. The molecular formula is C29H41NO4. The summed E-state index contributed by atoms with van der Waals surface area (Å²) in [4.78, 5) is 26.6. The number of benzene rings is 1. The molecule has 5 nitrogen and oxygen atoms in total. The van der Waals surface area contributed by atoms with Crippen molar-refractivity contribution in [1.29, 1.82) is 0 Å². The van der Waals surface area contributed by atoms with E-state index in [0.717, 1.165) is 36.2 Å². The van der Waals surface area contributed by atoms with Crippen molar-refractivity contribution in [3.8, 4) is 0 Å². The molecule has 4 fully saturated rings. The number of nitrogens with zero attached hydrogens (tertiary/aromatic N) is 1. The van der Waals surface area contributed by atoms with Gasteiger partial charge in [-0.15, -0.1) is 0 Å². The van der Waals surface area contributed by atoms with Gasteiger partial charge in [-0.3, -0.25) is 4.79 Å². The van der Waals surface area contributed by atoms with Gasteiger partial charge in [0, 0.05) is 19.5 Å². The predicted molar refractivity (Wildman–Crippen MR) is 131 cm³/mol. The fourth-order valence-corrected chi connectivity index (χ4v) is 8.60. The maximum absolute atomic E-state index is 12.4. The number of hydrogen-bond donors (Lipinski definition) is 0. The van der Waals surface area contributed by atoms with E-state index in [2.05, 4.69) is 18.7 Å². The van der Waals surface area contributed by atoms with Gasteiger partial charge in [0.25, 0.3) is 0 Å². The minimum atomic E-state index is -0.283. The normalized spacial score (nSPS) is 39.2. The second kappa shape index (κ2) is 9.29. The highest BCUT2D eigenvalue weighted by molar-refractivity contribution is 5.77. The van der Waals surface area contributed by atoms with E-state index >= 15 is 0 Å². The quantitative estimate of drug-likeness (QED) is 0.538. The van der Waals surface area contributed by atoms with E-state index in [0.29, 0.717) is 42.9 Å². The predicted octanol–water partition coefficient (Wildman–Crippen LogP) is 5.23. The number of carbonyl (C=O) groups excluding carboxylic acids is 2. The summed E-state index contributed by atoms with van der Waals surface area (Å²) in [5, 5.41) is 0. The first kappa shape index (κ1) is 23.8. The van der Waals surface area contributed by atoms with Gasteiger partial charge in [-0.2, -0.15) is 0 Å². The first-order valence-corrected chi connectivity index (χ1v) is 13.4. The highest BCUT2D eigenvalue weighted by Gasteiger charge is 2.61. The summed E-state index contributed by atoms with van der Waals surface area (Å²) in [7, 11) is 2.03. The highest BCUT2D eigenvalue weighted by atomic mass is 16.6. The number of likely N-dealkylation sites (tertiary alicyclic amines) is 1. The van der Waals surface area contributed by atoms with Crippen molar-refractivity contribution >= 4 is 11.9 Å². The van der Waals surface area contributed by atoms with Crippen molar-refractivity contribution in [2.75, 3.05) is 20.3 Å². The number of esters is 1. The maximum Gasteiger partial charge on any atom is 0.332 e. The largest absolute Gasteiger partial charge is 0.459 e. The van der Waals surface area contributed by atoms with E-state index in [1.807, 2.05) is 37.4 Å². The molecule has 0 radical (unpaired) electrons. The van der Waals surface area contributed by atoms with E-state index in [1.165, 1.54) is 32.1 Å². The summed E-state index contributed by atoms with van der Waals surface area (Å²) in [5.41, 5.74) is 1.56. The second-order valence-corrected chi connectivity index (χ2v) is 12.0. The van der Waals surface area contributed by atoms with Gasteiger partial charge in [-0.25, -0.2) is 4.79 Å². The summed E-state index contributed by atoms with van der Waals surface area (Å²) >= 11 is 0. The molecule has 186 valence electrons. The lowest BCUT2D eigenvalue weighted by atomic mass is 9.47.